The van der Waals surface area contributed by atoms with Crippen LogP contribution in [-0.2, 0) is 22.4 Å². The van der Waals surface area contributed by atoms with Gasteiger partial charge in [0.15, 0.2) is 0 Å². The molecule has 0 spiro atoms. The van der Waals surface area contributed by atoms with Gasteiger partial charge in [-0.3, -0.25) is 9.89 Å². The number of fused-ring (bicyclic) bond motifs is 1. The van der Waals surface area contributed by atoms with Crippen LogP contribution in [-0.4, -0.2) is 35.4 Å². The number of carbonyl (C=O) groups is 1. The molecular formula is C21H19AgN7O. The van der Waals surface area contributed by atoms with E-state index < -0.39 is 0 Å². The topological polar surface area (TPSA) is 98.6 Å². The van der Waals surface area contributed by atoms with Crippen LogP contribution in [0, 0.1) is 0 Å². The quantitative estimate of drug-likeness (QED) is 0.311. The minimum Gasteiger partial charge on any atom is -0.378 e. The molecule has 4 aromatic rings. The number of amides is 1. The van der Waals surface area contributed by atoms with Gasteiger partial charge in [-0.25, -0.2) is 0 Å². The zero-order chi connectivity index (χ0) is 20.2. The van der Waals surface area contributed by atoms with Crippen LogP contribution in [0.4, 0.5) is 22.7 Å². The maximum absolute atomic E-state index is 12.5. The Morgan fingerprint density at radius 1 is 0.933 bits per heavy atom. The third kappa shape index (κ3) is 4.98. The van der Waals surface area contributed by atoms with Crippen LogP contribution >= 0.6 is 0 Å². The molecule has 8 nitrogen and oxygen atoms in total. The van der Waals surface area contributed by atoms with Crippen molar-refractivity contribution >= 4 is 39.7 Å². The number of H-pyrrole nitrogens is 1. The van der Waals surface area contributed by atoms with E-state index in [1.165, 1.54) is 0 Å². The molecule has 0 saturated carbocycles. The van der Waals surface area contributed by atoms with Crippen LogP contribution in [0.3, 0.4) is 0 Å². The van der Waals surface area contributed by atoms with Gasteiger partial charge in [0.25, 0.3) is 5.91 Å². The van der Waals surface area contributed by atoms with Crippen LogP contribution in [0.5, 0.6) is 0 Å². The van der Waals surface area contributed by atoms with Gasteiger partial charge in [-0.05, 0) is 66.7 Å². The molecule has 1 radical (unpaired) electrons. The summed E-state index contributed by atoms with van der Waals surface area (Å²) in [5.74, 6) is -0.212. The second-order valence-electron chi connectivity index (χ2n) is 6.66. The van der Waals surface area contributed by atoms with Crippen molar-refractivity contribution in [3.8, 4) is 0 Å². The van der Waals surface area contributed by atoms with Crippen molar-refractivity contribution in [2.75, 3.05) is 24.3 Å². The molecule has 0 aliphatic rings. The Balaban J connectivity index is 0.00000256. The van der Waals surface area contributed by atoms with Crippen molar-refractivity contribution in [1.29, 1.82) is 0 Å². The average molecular weight is 493 g/mol. The molecule has 0 fully saturated rings. The molecule has 3 aromatic carbocycles. The van der Waals surface area contributed by atoms with Crippen LogP contribution in [0.1, 0.15) is 10.4 Å². The third-order valence-corrected chi connectivity index (χ3v) is 4.36. The molecule has 2 N–H and O–H groups in total. The summed E-state index contributed by atoms with van der Waals surface area (Å²) in [6.45, 7) is 0. The standard InChI is InChI=1S/C21H19N7O.Ag/c1-28(2)18-10-7-16(8-11-18)24-23-15-5-3-14(4-6-15)21(29)22-17-9-12-19-20(13-17)26-27-25-19;/h3-13H,1-2H3,(H,22,29)(H,25,26,27);. The Bertz CT molecular complexity index is 1170. The Morgan fingerprint density at radius 3 is 2.20 bits per heavy atom. The number of hydrogen-bond donors (Lipinski definition) is 2. The molecular weight excluding hydrogens is 474 g/mol. The van der Waals surface area contributed by atoms with E-state index >= 15 is 0 Å². The molecule has 155 valence electrons. The first-order valence-corrected chi connectivity index (χ1v) is 9.00. The molecule has 0 saturated heterocycles. The Morgan fingerprint density at radius 2 is 1.57 bits per heavy atom. The number of nitrogens with one attached hydrogen (secondary N) is 2. The smallest absolute Gasteiger partial charge is 0.255 e. The number of benzene rings is 3. The van der Waals surface area contributed by atoms with E-state index in [2.05, 4.69) is 31.0 Å². The number of aromatic nitrogens is 3. The minimum absolute atomic E-state index is 0. The monoisotopic (exact) mass is 492 g/mol. The van der Waals surface area contributed by atoms with Crippen molar-refractivity contribution in [3.63, 3.8) is 0 Å². The SMILES string of the molecule is CN(C)c1ccc(N=Nc2ccc(C(=O)Nc3ccc4[nH]nnc4c3)cc2)cc1.[Ag]. The molecule has 4 rings (SSSR count). The molecule has 9 heteroatoms. The van der Waals surface area contributed by atoms with E-state index in [4.69, 9.17) is 0 Å². The molecule has 0 aliphatic carbocycles. The van der Waals surface area contributed by atoms with E-state index in [0.29, 0.717) is 22.5 Å². The first-order chi connectivity index (χ1) is 14.1. The maximum Gasteiger partial charge on any atom is 0.255 e. The maximum atomic E-state index is 12.5. The number of azo groups is 1. The number of carbonyl (C=O) groups excluding carboxylic acids is 1. The van der Waals surface area contributed by atoms with Gasteiger partial charge in [0.05, 0.1) is 16.9 Å². The van der Waals surface area contributed by atoms with Gasteiger partial charge < -0.3 is 10.2 Å². The average Bonchev–Trinajstić information content (AvgIpc) is 3.21. The van der Waals surface area contributed by atoms with Crippen molar-refractivity contribution < 1.29 is 27.2 Å². The molecule has 1 amide bonds. The zero-order valence-electron chi connectivity index (χ0n) is 16.3. The van der Waals surface area contributed by atoms with Crippen molar-refractivity contribution in [2.45, 2.75) is 0 Å². The summed E-state index contributed by atoms with van der Waals surface area (Å²) in [5, 5.41) is 21.8. The second-order valence-corrected chi connectivity index (χ2v) is 6.66. The minimum atomic E-state index is -0.212. The van der Waals surface area contributed by atoms with E-state index in [9.17, 15) is 4.79 Å². The summed E-state index contributed by atoms with van der Waals surface area (Å²) in [5.41, 5.74) is 5.22. The number of nitrogens with zero attached hydrogens (tertiary/aromatic N) is 5. The van der Waals surface area contributed by atoms with Gasteiger partial charge in [-0.15, -0.1) is 5.10 Å². The molecule has 0 unspecified atom stereocenters. The number of hydrogen-bond acceptors (Lipinski definition) is 6. The normalized spacial score (nSPS) is 10.7. The van der Waals surface area contributed by atoms with E-state index in [1.54, 1.807) is 36.4 Å². The first kappa shape index (κ1) is 21.4. The van der Waals surface area contributed by atoms with Gasteiger partial charge in [-0.2, -0.15) is 10.2 Å². The van der Waals surface area contributed by atoms with Crippen molar-refractivity contribution in [1.82, 2.24) is 15.4 Å². The van der Waals surface area contributed by atoms with Crippen molar-refractivity contribution in [3.05, 3.63) is 72.3 Å². The number of aromatic amines is 1. The van der Waals surface area contributed by atoms with Crippen LogP contribution in [0.25, 0.3) is 11.0 Å². The van der Waals surface area contributed by atoms with Gasteiger partial charge >= 0.3 is 0 Å². The fourth-order valence-corrected chi connectivity index (χ4v) is 2.74. The summed E-state index contributed by atoms with van der Waals surface area (Å²) in [7, 11) is 3.97. The molecule has 0 atom stereocenters. The third-order valence-electron chi connectivity index (χ3n) is 4.36. The Labute approximate surface area is 188 Å². The summed E-state index contributed by atoms with van der Waals surface area (Å²) in [6.07, 6.45) is 0. The summed E-state index contributed by atoms with van der Waals surface area (Å²) >= 11 is 0. The molecule has 30 heavy (non-hydrogen) atoms. The van der Waals surface area contributed by atoms with Gasteiger partial charge in [0.2, 0.25) is 0 Å². The fraction of sp³-hybridized carbons (Fsp3) is 0.0952. The number of rotatable bonds is 5. The molecule has 0 aliphatic heterocycles. The molecule has 1 heterocycles. The van der Waals surface area contributed by atoms with Gasteiger partial charge in [-0.1, -0.05) is 5.21 Å². The summed E-state index contributed by atoms with van der Waals surface area (Å²) < 4.78 is 0. The summed E-state index contributed by atoms with van der Waals surface area (Å²) in [6, 6.07) is 20.1. The van der Waals surface area contributed by atoms with Crippen LogP contribution < -0.4 is 10.2 Å². The van der Waals surface area contributed by atoms with Crippen molar-refractivity contribution in [2.24, 2.45) is 10.2 Å². The Kier molecular flexibility index (Phi) is 6.73. The van der Waals surface area contributed by atoms with Gasteiger partial charge in [0.1, 0.15) is 5.52 Å². The zero-order valence-corrected chi connectivity index (χ0v) is 17.8. The Hall–Kier alpha value is -3.33. The van der Waals surface area contributed by atoms with E-state index in [0.717, 1.165) is 16.9 Å². The van der Waals surface area contributed by atoms with E-state index in [-0.39, 0.29) is 28.3 Å². The van der Waals surface area contributed by atoms with Gasteiger partial charge in [0, 0.05) is 53.4 Å². The van der Waals surface area contributed by atoms with Crippen LogP contribution in [0.15, 0.2) is 77.0 Å². The molecule has 0 bridgehead atoms. The van der Waals surface area contributed by atoms with Crippen LogP contribution in [0.2, 0.25) is 0 Å². The number of anilines is 2. The largest absolute Gasteiger partial charge is 0.378 e. The second kappa shape index (κ2) is 9.45. The first-order valence-electron chi connectivity index (χ1n) is 9.00. The predicted molar refractivity (Wildman–Crippen MR) is 113 cm³/mol. The van der Waals surface area contributed by atoms with E-state index in [1.807, 2.05) is 49.3 Å². The molecule has 1 aromatic heterocycles. The fourth-order valence-electron chi connectivity index (χ4n) is 2.74. The summed E-state index contributed by atoms with van der Waals surface area (Å²) in [4.78, 5) is 14.5. The predicted octanol–water partition coefficient (Wildman–Crippen LogP) is 4.69.